The second-order valence-corrected chi connectivity index (χ2v) is 5.84. The largest absolute Gasteiger partial charge is 0.382 e. The Morgan fingerprint density at radius 3 is 2.58 bits per heavy atom. The maximum atomic E-state index is 6.10. The summed E-state index contributed by atoms with van der Waals surface area (Å²) in [6, 6.07) is 0.679. The SMILES string of the molecule is CNC1CC(OCCCOCCOC)C12CCCC2. The fourth-order valence-electron chi connectivity index (χ4n) is 3.72. The Bertz CT molecular complexity index is 254. The maximum Gasteiger partial charge on any atom is 0.0700 e. The van der Waals surface area contributed by atoms with Crippen LogP contribution in [0.25, 0.3) is 0 Å². The molecule has 4 nitrogen and oxygen atoms in total. The summed E-state index contributed by atoms with van der Waals surface area (Å²) in [4.78, 5) is 0. The lowest BCUT2D eigenvalue weighted by atomic mass is 9.60. The van der Waals surface area contributed by atoms with Crippen molar-refractivity contribution in [3.05, 3.63) is 0 Å². The molecule has 0 amide bonds. The molecule has 0 bridgehead atoms. The van der Waals surface area contributed by atoms with Gasteiger partial charge in [-0.25, -0.2) is 0 Å². The van der Waals surface area contributed by atoms with Crippen LogP contribution in [-0.4, -0.2) is 52.7 Å². The van der Waals surface area contributed by atoms with E-state index in [1.807, 2.05) is 0 Å². The van der Waals surface area contributed by atoms with Gasteiger partial charge in [-0.3, -0.25) is 0 Å². The van der Waals surface area contributed by atoms with Gasteiger partial charge in [0.05, 0.1) is 19.3 Å². The molecule has 112 valence electrons. The van der Waals surface area contributed by atoms with Crippen LogP contribution in [0.1, 0.15) is 38.5 Å². The molecule has 2 atom stereocenters. The summed E-state index contributed by atoms with van der Waals surface area (Å²) in [7, 11) is 3.78. The molecule has 2 aliphatic rings. The van der Waals surface area contributed by atoms with Crippen LogP contribution in [0.5, 0.6) is 0 Å². The zero-order valence-electron chi connectivity index (χ0n) is 12.5. The number of nitrogens with one attached hydrogen (secondary N) is 1. The molecule has 1 N–H and O–H groups in total. The first-order chi connectivity index (χ1) is 9.33. The van der Waals surface area contributed by atoms with E-state index in [1.165, 1.54) is 32.1 Å². The molecule has 2 aliphatic carbocycles. The Labute approximate surface area is 117 Å². The molecule has 0 aromatic rings. The van der Waals surface area contributed by atoms with Gasteiger partial charge in [-0.05, 0) is 32.7 Å². The lowest BCUT2D eigenvalue weighted by Crippen LogP contribution is -2.61. The van der Waals surface area contributed by atoms with Crippen LogP contribution in [0.2, 0.25) is 0 Å². The Morgan fingerprint density at radius 2 is 1.89 bits per heavy atom. The summed E-state index contributed by atoms with van der Waals surface area (Å²) in [6.07, 6.45) is 8.07. The molecule has 2 saturated carbocycles. The van der Waals surface area contributed by atoms with E-state index in [2.05, 4.69) is 12.4 Å². The summed E-state index contributed by atoms with van der Waals surface area (Å²) >= 11 is 0. The Hall–Kier alpha value is -0.160. The van der Waals surface area contributed by atoms with Crippen molar-refractivity contribution in [1.29, 1.82) is 0 Å². The highest BCUT2D eigenvalue weighted by molar-refractivity contribution is 5.09. The van der Waals surface area contributed by atoms with Crippen molar-refractivity contribution in [2.75, 3.05) is 40.6 Å². The average molecular weight is 271 g/mol. The van der Waals surface area contributed by atoms with E-state index in [0.717, 1.165) is 19.6 Å². The normalized spacial score (nSPS) is 28.7. The second-order valence-electron chi connectivity index (χ2n) is 5.84. The first kappa shape index (κ1) is 15.2. The monoisotopic (exact) mass is 271 g/mol. The van der Waals surface area contributed by atoms with Crippen molar-refractivity contribution >= 4 is 0 Å². The van der Waals surface area contributed by atoms with Crippen molar-refractivity contribution < 1.29 is 14.2 Å². The summed E-state index contributed by atoms with van der Waals surface area (Å²) in [5.74, 6) is 0. The summed E-state index contributed by atoms with van der Waals surface area (Å²) < 4.78 is 16.5. The fraction of sp³-hybridized carbons (Fsp3) is 1.00. The molecule has 2 rings (SSSR count). The zero-order chi connectivity index (χ0) is 13.6. The van der Waals surface area contributed by atoms with E-state index >= 15 is 0 Å². The van der Waals surface area contributed by atoms with Crippen LogP contribution in [0.3, 0.4) is 0 Å². The van der Waals surface area contributed by atoms with Crippen LogP contribution in [0.15, 0.2) is 0 Å². The molecule has 4 heteroatoms. The highest BCUT2D eigenvalue weighted by Gasteiger charge is 2.55. The predicted molar refractivity (Wildman–Crippen MR) is 75.4 cm³/mol. The topological polar surface area (TPSA) is 39.7 Å². The van der Waals surface area contributed by atoms with Gasteiger partial charge in [0.15, 0.2) is 0 Å². The van der Waals surface area contributed by atoms with Crippen LogP contribution in [0, 0.1) is 5.41 Å². The Kier molecular flexibility index (Phi) is 6.07. The van der Waals surface area contributed by atoms with Crippen molar-refractivity contribution in [2.24, 2.45) is 5.41 Å². The average Bonchev–Trinajstić information content (AvgIpc) is 2.92. The van der Waals surface area contributed by atoms with E-state index in [9.17, 15) is 0 Å². The van der Waals surface area contributed by atoms with Crippen LogP contribution < -0.4 is 5.32 Å². The molecule has 2 unspecified atom stereocenters. The lowest BCUT2D eigenvalue weighted by Gasteiger charge is -2.54. The van der Waals surface area contributed by atoms with Gasteiger partial charge in [0, 0.05) is 31.8 Å². The van der Waals surface area contributed by atoms with Crippen molar-refractivity contribution in [2.45, 2.75) is 50.7 Å². The van der Waals surface area contributed by atoms with Gasteiger partial charge in [0.1, 0.15) is 0 Å². The molecular weight excluding hydrogens is 242 g/mol. The predicted octanol–water partition coefficient (Wildman–Crippen LogP) is 1.98. The number of rotatable bonds is 9. The van der Waals surface area contributed by atoms with E-state index in [0.29, 0.717) is 30.8 Å². The Morgan fingerprint density at radius 1 is 1.11 bits per heavy atom. The van der Waals surface area contributed by atoms with Crippen molar-refractivity contribution in [3.63, 3.8) is 0 Å². The number of hydrogen-bond donors (Lipinski definition) is 1. The van der Waals surface area contributed by atoms with E-state index in [-0.39, 0.29) is 0 Å². The first-order valence-corrected chi connectivity index (χ1v) is 7.69. The van der Waals surface area contributed by atoms with E-state index in [1.54, 1.807) is 7.11 Å². The molecule has 0 aromatic carbocycles. The molecular formula is C15H29NO3. The van der Waals surface area contributed by atoms with Gasteiger partial charge < -0.3 is 19.5 Å². The molecule has 0 aliphatic heterocycles. The molecule has 0 saturated heterocycles. The van der Waals surface area contributed by atoms with Crippen molar-refractivity contribution in [3.8, 4) is 0 Å². The molecule has 19 heavy (non-hydrogen) atoms. The molecule has 0 radical (unpaired) electrons. The van der Waals surface area contributed by atoms with Crippen LogP contribution in [-0.2, 0) is 14.2 Å². The van der Waals surface area contributed by atoms with E-state index in [4.69, 9.17) is 14.2 Å². The second kappa shape index (κ2) is 7.58. The third kappa shape index (κ3) is 3.48. The molecule has 0 aromatic heterocycles. The first-order valence-electron chi connectivity index (χ1n) is 7.69. The number of hydrogen-bond acceptors (Lipinski definition) is 4. The summed E-state index contributed by atoms with van der Waals surface area (Å²) in [6.45, 7) is 2.97. The minimum atomic E-state index is 0.450. The molecule has 0 heterocycles. The number of ether oxygens (including phenoxy) is 3. The van der Waals surface area contributed by atoms with Gasteiger partial charge in [0.2, 0.25) is 0 Å². The highest BCUT2D eigenvalue weighted by Crippen LogP contribution is 2.54. The summed E-state index contributed by atoms with van der Waals surface area (Å²) in [5, 5.41) is 3.47. The van der Waals surface area contributed by atoms with Gasteiger partial charge in [-0.2, -0.15) is 0 Å². The smallest absolute Gasteiger partial charge is 0.0700 e. The fourth-order valence-corrected chi connectivity index (χ4v) is 3.72. The standard InChI is InChI=1S/C15H29NO3/c1-16-13-12-14(15(13)6-3-4-7-15)19-9-5-8-18-11-10-17-2/h13-14,16H,3-12H2,1-2H3. The summed E-state index contributed by atoms with van der Waals surface area (Å²) in [5.41, 5.74) is 0.450. The molecule has 1 spiro atoms. The Balaban J connectivity index is 1.59. The van der Waals surface area contributed by atoms with Crippen molar-refractivity contribution in [1.82, 2.24) is 5.32 Å². The maximum absolute atomic E-state index is 6.10. The van der Waals surface area contributed by atoms with Gasteiger partial charge >= 0.3 is 0 Å². The van der Waals surface area contributed by atoms with E-state index < -0.39 is 0 Å². The lowest BCUT2D eigenvalue weighted by molar-refractivity contribution is -0.134. The zero-order valence-corrected chi connectivity index (χ0v) is 12.5. The highest BCUT2D eigenvalue weighted by atomic mass is 16.5. The third-order valence-electron chi connectivity index (χ3n) is 4.85. The number of methoxy groups -OCH3 is 1. The minimum Gasteiger partial charge on any atom is -0.382 e. The van der Waals surface area contributed by atoms with Gasteiger partial charge in [-0.1, -0.05) is 12.8 Å². The van der Waals surface area contributed by atoms with Crippen LogP contribution >= 0.6 is 0 Å². The van der Waals surface area contributed by atoms with Gasteiger partial charge in [-0.15, -0.1) is 0 Å². The quantitative estimate of drug-likeness (QED) is 0.651. The van der Waals surface area contributed by atoms with Gasteiger partial charge in [0.25, 0.3) is 0 Å². The minimum absolute atomic E-state index is 0.450. The molecule has 2 fully saturated rings. The third-order valence-corrected chi connectivity index (χ3v) is 4.85. The van der Waals surface area contributed by atoms with Crippen LogP contribution in [0.4, 0.5) is 0 Å².